The van der Waals surface area contributed by atoms with Crippen molar-refractivity contribution in [3.05, 3.63) is 36.1 Å². The Morgan fingerprint density at radius 2 is 2.03 bits per heavy atom. The van der Waals surface area contributed by atoms with Gasteiger partial charge in [-0.1, -0.05) is 19.8 Å². The summed E-state index contributed by atoms with van der Waals surface area (Å²) in [5.41, 5.74) is 0.823. The highest BCUT2D eigenvalue weighted by atomic mass is 16.4. The Bertz CT molecular complexity index is 1080. The van der Waals surface area contributed by atoms with Crippen LogP contribution in [0, 0.1) is 6.92 Å². The number of aromatic carboxylic acids is 1. The number of rotatable bonds is 4. The number of hydrogen-bond donors (Lipinski definition) is 1. The van der Waals surface area contributed by atoms with Crippen LogP contribution >= 0.6 is 0 Å². The van der Waals surface area contributed by atoms with Crippen LogP contribution < -0.4 is 4.90 Å². The quantitative estimate of drug-likeness (QED) is 0.718. The van der Waals surface area contributed by atoms with Crippen LogP contribution in [0.2, 0.25) is 0 Å². The van der Waals surface area contributed by atoms with Gasteiger partial charge in [-0.05, 0) is 26.2 Å². The third-order valence-electron chi connectivity index (χ3n) is 5.84. The molecule has 1 fully saturated rings. The van der Waals surface area contributed by atoms with E-state index in [9.17, 15) is 4.79 Å². The number of fused-ring (bicyclic) bond motifs is 3. The predicted molar refractivity (Wildman–Crippen MR) is 104 cm³/mol. The second-order valence-corrected chi connectivity index (χ2v) is 7.56. The number of aromatic nitrogens is 7. The van der Waals surface area contributed by atoms with Crippen molar-refractivity contribution < 1.29 is 9.90 Å². The average molecular weight is 394 g/mol. The molecule has 0 radical (unpaired) electrons. The lowest BCUT2D eigenvalue weighted by Crippen LogP contribution is -2.42. The molecule has 0 bridgehead atoms. The van der Waals surface area contributed by atoms with Crippen molar-refractivity contribution in [2.24, 2.45) is 0 Å². The minimum atomic E-state index is -1.08. The van der Waals surface area contributed by atoms with Crippen molar-refractivity contribution in [2.75, 3.05) is 4.90 Å². The minimum Gasteiger partial charge on any atom is -0.476 e. The van der Waals surface area contributed by atoms with Crippen LogP contribution in [0.15, 0.2) is 18.7 Å². The number of aryl methyl sites for hydroxylation is 1. The third kappa shape index (κ3) is 2.70. The zero-order valence-corrected chi connectivity index (χ0v) is 16.4. The lowest BCUT2D eigenvalue weighted by molar-refractivity contribution is 0.0691. The van der Waals surface area contributed by atoms with E-state index in [0.29, 0.717) is 12.0 Å². The first-order valence-corrected chi connectivity index (χ1v) is 9.93. The molecule has 0 spiro atoms. The molecule has 1 unspecified atom stereocenters. The Kier molecular flexibility index (Phi) is 4.07. The van der Waals surface area contributed by atoms with Crippen LogP contribution in [0.5, 0.6) is 0 Å². The van der Waals surface area contributed by atoms with Gasteiger partial charge in [0, 0.05) is 12.2 Å². The van der Waals surface area contributed by atoms with Gasteiger partial charge in [-0.15, -0.1) is 10.2 Å². The van der Waals surface area contributed by atoms with Crippen LogP contribution in [0.3, 0.4) is 0 Å². The Labute approximate surface area is 167 Å². The van der Waals surface area contributed by atoms with Crippen molar-refractivity contribution in [1.29, 1.82) is 0 Å². The summed E-state index contributed by atoms with van der Waals surface area (Å²) in [5.74, 6) is 1.89. The number of anilines is 1. The molecule has 0 saturated heterocycles. The van der Waals surface area contributed by atoms with Gasteiger partial charge in [-0.3, -0.25) is 9.13 Å². The number of carbonyl (C=O) groups is 1. The van der Waals surface area contributed by atoms with E-state index < -0.39 is 5.97 Å². The van der Waals surface area contributed by atoms with Crippen molar-refractivity contribution in [3.63, 3.8) is 0 Å². The monoisotopic (exact) mass is 394 g/mol. The molecule has 150 valence electrons. The van der Waals surface area contributed by atoms with Gasteiger partial charge < -0.3 is 10.0 Å². The highest BCUT2D eigenvalue weighted by molar-refractivity contribution is 5.85. The number of hydrogen-bond acceptors (Lipinski definition) is 7. The van der Waals surface area contributed by atoms with Gasteiger partial charge >= 0.3 is 5.97 Å². The Balaban J connectivity index is 1.68. The number of nitrogens with zero attached hydrogens (tertiary/aromatic N) is 8. The van der Waals surface area contributed by atoms with Gasteiger partial charge in [0.1, 0.15) is 17.8 Å². The van der Waals surface area contributed by atoms with Crippen LogP contribution in [-0.4, -0.2) is 51.4 Å². The molecule has 1 atom stereocenters. The summed E-state index contributed by atoms with van der Waals surface area (Å²) >= 11 is 0. The second kappa shape index (κ2) is 6.64. The zero-order chi connectivity index (χ0) is 20.1. The fourth-order valence-corrected chi connectivity index (χ4v) is 4.53. The normalized spacial score (nSPS) is 18.7. The Morgan fingerprint density at radius 1 is 1.24 bits per heavy atom. The molecule has 1 N–H and O–H groups in total. The van der Waals surface area contributed by atoms with Crippen molar-refractivity contribution in [2.45, 2.75) is 58.0 Å². The standard InChI is InChI=1S/C19H22N8O2/c1-3-14-17-24-23-11(2)26(17)15-8-20-19(25-9-13(18(28)29)21-10-25)22-16(15)27(14)12-6-4-5-7-12/h8-10,12,14H,3-7H2,1-2H3,(H,28,29). The molecule has 1 aliphatic carbocycles. The highest BCUT2D eigenvalue weighted by Crippen LogP contribution is 2.43. The van der Waals surface area contributed by atoms with E-state index in [4.69, 9.17) is 10.1 Å². The smallest absolute Gasteiger partial charge is 0.356 e. The van der Waals surface area contributed by atoms with Crippen molar-refractivity contribution in [3.8, 4) is 11.6 Å². The zero-order valence-electron chi connectivity index (χ0n) is 16.4. The molecule has 2 aliphatic rings. The molecular formula is C19H22N8O2. The maximum atomic E-state index is 11.2. The first kappa shape index (κ1) is 17.8. The van der Waals surface area contributed by atoms with E-state index in [1.807, 2.05) is 11.5 Å². The highest BCUT2D eigenvalue weighted by Gasteiger charge is 2.39. The molecule has 1 saturated carbocycles. The third-order valence-corrected chi connectivity index (χ3v) is 5.84. The van der Waals surface area contributed by atoms with Crippen LogP contribution in [-0.2, 0) is 0 Å². The van der Waals surface area contributed by atoms with Crippen LogP contribution in [0.4, 0.5) is 5.82 Å². The van der Waals surface area contributed by atoms with Gasteiger partial charge in [0.25, 0.3) is 0 Å². The fraction of sp³-hybridized carbons (Fsp3) is 0.474. The maximum absolute atomic E-state index is 11.2. The molecule has 10 heteroatoms. The van der Waals surface area contributed by atoms with E-state index in [1.165, 1.54) is 25.4 Å². The van der Waals surface area contributed by atoms with Crippen LogP contribution in [0.25, 0.3) is 11.6 Å². The molecule has 29 heavy (non-hydrogen) atoms. The average Bonchev–Trinajstić information content (AvgIpc) is 3.47. The molecule has 3 aromatic rings. The lowest BCUT2D eigenvalue weighted by atomic mass is 10.0. The Morgan fingerprint density at radius 3 is 2.72 bits per heavy atom. The summed E-state index contributed by atoms with van der Waals surface area (Å²) in [7, 11) is 0. The van der Waals surface area contributed by atoms with Crippen molar-refractivity contribution in [1.82, 2.24) is 34.3 Å². The van der Waals surface area contributed by atoms with Gasteiger partial charge in [-0.25, -0.2) is 14.8 Å². The summed E-state index contributed by atoms with van der Waals surface area (Å²) in [6.07, 6.45) is 10.2. The number of imidazole rings is 1. The lowest BCUT2D eigenvalue weighted by Gasteiger charge is -2.41. The second-order valence-electron chi connectivity index (χ2n) is 7.56. The topological polar surface area (TPSA) is 115 Å². The summed E-state index contributed by atoms with van der Waals surface area (Å²) in [4.78, 5) is 26.8. The minimum absolute atomic E-state index is 0.0395. The summed E-state index contributed by atoms with van der Waals surface area (Å²) in [5, 5.41) is 17.9. The SMILES string of the molecule is CCC1c2nnc(C)n2-c2cnc(-n3cnc(C(=O)O)c3)nc2N1C1CCCC1. The largest absolute Gasteiger partial charge is 0.476 e. The molecule has 10 nitrogen and oxygen atoms in total. The number of carboxylic acid groups (broad SMARTS) is 1. The van der Waals surface area contributed by atoms with Crippen LogP contribution in [0.1, 0.15) is 67.2 Å². The van der Waals surface area contributed by atoms with Gasteiger partial charge in [0.05, 0.1) is 12.2 Å². The molecule has 0 amide bonds. The van der Waals surface area contributed by atoms with E-state index in [0.717, 1.165) is 42.4 Å². The molecule has 3 aromatic heterocycles. The van der Waals surface area contributed by atoms with Gasteiger partial charge in [-0.2, -0.15) is 4.98 Å². The molecular weight excluding hydrogens is 372 g/mol. The first-order chi connectivity index (χ1) is 14.1. The van der Waals surface area contributed by atoms with E-state index >= 15 is 0 Å². The predicted octanol–water partition coefficient (Wildman–Crippen LogP) is 2.46. The van der Waals surface area contributed by atoms with E-state index in [-0.39, 0.29) is 11.7 Å². The van der Waals surface area contributed by atoms with Crippen molar-refractivity contribution >= 4 is 11.8 Å². The first-order valence-electron chi connectivity index (χ1n) is 9.93. The fourth-order valence-electron chi connectivity index (χ4n) is 4.53. The van der Waals surface area contributed by atoms with E-state index in [2.05, 4.69) is 32.0 Å². The van der Waals surface area contributed by atoms with E-state index in [1.54, 1.807) is 10.8 Å². The maximum Gasteiger partial charge on any atom is 0.356 e. The number of carboxylic acids is 1. The Hall–Kier alpha value is -3.30. The molecule has 1 aliphatic heterocycles. The molecule has 0 aromatic carbocycles. The molecule has 4 heterocycles. The van der Waals surface area contributed by atoms with Gasteiger partial charge in [0.2, 0.25) is 5.95 Å². The summed E-state index contributed by atoms with van der Waals surface area (Å²) < 4.78 is 3.58. The van der Waals surface area contributed by atoms with Gasteiger partial charge in [0.15, 0.2) is 17.3 Å². The summed E-state index contributed by atoms with van der Waals surface area (Å²) in [6, 6.07) is 0.483. The summed E-state index contributed by atoms with van der Waals surface area (Å²) in [6.45, 7) is 4.09. The molecule has 5 rings (SSSR count).